The molecule has 0 radical (unpaired) electrons. The Morgan fingerprint density at radius 1 is 1.14 bits per heavy atom. The molecule has 2 aromatic carbocycles. The number of hydrogen-bond donors (Lipinski definition) is 0. The molecule has 0 amide bonds. The maximum Gasteiger partial charge on any atom is 0.126 e. The highest BCUT2D eigenvalue weighted by atomic mass is 19.1. The molecule has 0 spiro atoms. The minimum absolute atomic E-state index is 0.221. The van der Waals surface area contributed by atoms with Crippen LogP contribution >= 0.6 is 0 Å². The third-order valence-electron chi connectivity index (χ3n) is 3.71. The van der Waals surface area contributed by atoms with Crippen molar-refractivity contribution in [2.24, 2.45) is 5.41 Å². The molecule has 0 aromatic heterocycles. The van der Waals surface area contributed by atoms with Crippen LogP contribution in [0, 0.1) is 28.4 Å². The fraction of sp³-hybridized carbons (Fsp3) is 0.235. The van der Waals surface area contributed by atoms with Gasteiger partial charge in [0.1, 0.15) is 24.0 Å². The average Bonchev–Trinajstić information content (AvgIpc) is 2.46. The van der Waals surface area contributed by atoms with Crippen LogP contribution in [0.1, 0.15) is 11.1 Å². The van der Waals surface area contributed by atoms with Crippen molar-refractivity contribution in [3.05, 3.63) is 65.2 Å². The number of fused-ring (bicyclic) bond motifs is 1. The Morgan fingerprint density at radius 2 is 1.86 bits per heavy atom. The van der Waals surface area contributed by atoms with Crippen molar-refractivity contribution >= 4 is 0 Å². The van der Waals surface area contributed by atoms with Crippen LogP contribution in [0.3, 0.4) is 0 Å². The van der Waals surface area contributed by atoms with E-state index >= 15 is 0 Å². The minimum Gasteiger partial charge on any atom is -0.492 e. The van der Waals surface area contributed by atoms with E-state index in [9.17, 15) is 14.0 Å². The average molecular weight is 285 g/mol. The molecule has 106 valence electrons. The fourth-order valence-corrected chi connectivity index (χ4v) is 2.75. The molecular weight excluding hydrogens is 272 g/mol. The quantitative estimate of drug-likeness (QED) is 0.843. The maximum atomic E-state index is 13.3. The third kappa shape index (κ3) is 2.73. The molecule has 1 atom stereocenters. The highest BCUT2D eigenvalue weighted by molar-refractivity contribution is 5.38. The summed E-state index contributed by atoms with van der Waals surface area (Å²) in [6.45, 7) is 0.221. The molecule has 0 fully saturated rings. The lowest BCUT2D eigenvalue weighted by Gasteiger charge is -2.32. The normalized spacial score (nSPS) is 20.2. The Balaban J connectivity index is 1.91. The lowest BCUT2D eigenvalue weighted by atomic mass is 9.77. The summed E-state index contributed by atoms with van der Waals surface area (Å²) in [4.78, 5) is 0. The molecule has 1 aliphatic heterocycles. The van der Waals surface area contributed by atoms with Gasteiger partial charge in [-0.05, 0) is 42.2 Å². The van der Waals surface area contributed by atoms with Crippen LogP contribution in [0.4, 0.5) is 8.78 Å². The molecule has 0 N–H and O–H groups in total. The summed E-state index contributed by atoms with van der Waals surface area (Å²) < 4.78 is 32.2. The van der Waals surface area contributed by atoms with Gasteiger partial charge in [-0.15, -0.1) is 0 Å². The van der Waals surface area contributed by atoms with E-state index in [1.54, 1.807) is 0 Å². The van der Waals surface area contributed by atoms with Gasteiger partial charge in [-0.25, -0.2) is 8.78 Å². The van der Waals surface area contributed by atoms with Crippen LogP contribution in [0.5, 0.6) is 5.75 Å². The Bertz CT molecular complexity index is 703. The Morgan fingerprint density at radius 3 is 2.57 bits per heavy atom. The number of ether oxygens (including phenoxy) is 1. The van der Waals surface area contributed by atoms with Crippen molar-refractivity contribution in [2.45, 2.75) is 12.8 Å². The number of rotatable bonds is 2. The van der Waals surface area contributed by atoms with Crippen molar-refractivity contribution in [3.63, 3.8) is 0 Å². The van der Waals surface area contributed by atoms with E-state index in [2.05, 4.69) is 6.07 Å². The smallest absolute Gasteiger partial charge is 0.126 e. The summed E-state index contributed by atoms with van der Waals surface area (Å²) >= 11 is 0. The zero-order chi connectivity index (χ0) is 14.9. The Labute approximate surface area is 121 Å². The van der Waals surface area contributed by atoms with Crippen LogP contribution in [0.25, 0.3) is 0 Å². The number of para-hydroxylation sites is 1. The molecule has 0 saturated heterocycles. The molecule has 0 saturated carbocycles. The van der Waals surface area contributed by atoms with Crippen molar-refractivity contribution in [2.75, 3.05) is 6.61 Å². The Hall–Kier alpha value is -2.41. The minimum atomic E-state index is -0.797. The van der Waals surface area contributed by atoms with E-state index in [4.69, 9.17) is 4.74 Å². The first-order valence-electron chi connectivity index (χ1n) is 6.67. The molecule has 2 aromatic rings. The zero-order valence-corrected chi connectivity index (χ0v) is 11.3. The third-order valence-corrected chi connectivity index (χ3v) is 3.71. The van der Waals surface area contributed by atoms with Crippen LogP contribution in [0.15, 0.2) is 42.5 Å². The molecule has 1 unspecified atom stereocenters. The monoisotopic (exact) mass is 285 g/mol. The first-order chi connectivity index (χ1) is 10.1. The van der Waals surface area contributed by atoms with E-state index in [-0.39, 0.29) is 13.0 Å². The lowest BCUT2D eigenvalue weighted by molar-refractivity contribution is 0.169. The second kappa shape index (κ2) is 5.17. The first-order valence-corrected chi connectivity index (χ1v) is 6.67. The second-order valence-electron chi connectivity index (χ2n) is 5.42. The van der Waals surface area contributed by atoms with Crippen molar-refractivity contribution < 1.29 is 13.5 Å². The summed E-state index contributed by atoms with van der Waals surface area (Å²) in [6.07, 6.45) is 0.768. The summed E-state index contributed by atoms with van der Waals surface area (Å²) in [5, 5.41) is 9.55. The van der Waals surface area contributed by atoms with Gasteiger partial charge in [0.2, 0.25) is 0 Å². The summed E-state index contributed by atoms with van der Waals surface area (Å²) in [5.74, 6) is -0.487. The lowest BCUT2D eigenvalue weighted by Crippen LogP contribution is -2.35. The standard InChI is InChI=1S/C17H13F2NO/c18-14-5-12(6-15(19)7-14)8-17(10-20)9-13-3-1-2-4-16(13)21-11-17/h1-7H,8-9,11H2. The van der Waals surface area contributed by atoms with E-state index < -0.39 is 17.0 Å². The van der Waals surface area contributed by atoms with Crippen molar-refractivity contribution in [1.29, 1.82) is 5.26 Å². The number of benzene rings is 2. The van der Waals surface area contributed by atoms with E-state index in [1.165, 1.54) is 12.1 Å². The highest BCUT2D eigenvalue weighted by Gasteiger charge is 2.36. The van der Waals surface area contributed by atoms with E-state index in [0.29, 0.717) is 12.0 Å². The maximum absolute atomic E-state index is 13.3. The van der Waals surface area contributed by atoms with Gasteiger partial charge in [0.25, 0.3) is 0 Å². The van der Waals surface area contributed by atoms with Gasteiger partial charge in [0.15, 0.2) is 0 Å². The zero-order valence-electron chi connectivity index (χ0n) is 11.3. The molecule has 0 bridgehead atoms. The summed E-state index contributed by atoms with van der Waals surface area (Å²) in [6, 6.07) is 13.2. The van der Waals surface area contributed by atoms with Crippen molar-refractivity contribution in [3.8, 4) is 11.8 Å². The van der Waals surface area contributed by atoms with Crippen LogP contribution in [-0.2, 0) is 12.8 Å². The van der Waals surface area contributed by atoms with Gasteiger partial charge in [-0.3, -0.25) is 0 Å². The first kappa shape index (κ1) is 13.6. The number of halogens is 2. The fourth-order valence-electron chi connectivity index (χ4n) is 2.75. The molecule has 4 heteroatoms. The summed E-state index contributed by atoms with van der Waals surface area (Å²) in [5.41, 5.74) is 0.619. The van der Waals surface area contributed by atoms with Crippen LogP contribution < -0.4 is 4.74 Å². The molecule has 21 heavy (non-hydrogen) atoms. The van der Waals surface area contributed by atoms with Gasteiger partial charge < -0.3 is 4.74 Å². The van der Waals surface area contributed by atoms with Gasteiger partial charge in [-0.2, -0.15) is 5.26 Å². The number of hydrogen-bond acceptors (Lipinski definition) is 2. The predicted molar refractivity (Wildman–Crippen MR) is 73.7 cm³/mol. The molecule has 1 heterocycles. The van der Waals surface area contributed by atoms with Crippen LogP contribution in [0.2, 0.25) is 0 Å². The highest BCUT2D eigenvalue weighted by Crippen LogP contribution is 2.36. The number of nitrogens with zero attached hydrogens (tertiary/aromatic N) is 1. The Kier molecular flexibility index (Phi) is 3.34. The molecule has 3 rings (SSSR count). The second-order valence-corrected chi connectivity index (χ2v) is 5.42. The van der Waals surface area contributed by atoms with Gasteiger partial charge >= 0.3 is 0 Å². The SMILES string of the molecule is N#CC1(Cc2cc(F)cc(F)c2)COc2ccccc2C1. The van der Waals surface area contributed by atoms with Crippen LogP contribution in [-0.4, -0.2) is 6.61 Å². The van der Waals surface area contributed by atoms with Gasteiger partial charge in [-0.1, -0.05) is 18.2 Å². The number of nitriles is 1. The molecule has 0 aliphatic carbocycles. The predicted octanol–water partition coefficient (Wildman–Crippen LogP) is 3.65. The van der Waals surface area contributed by atoms with E-state index in [1.807, 2.05) is 24.3 Å². The van der Waals surface area contributed by atoms with Gasteiger partial charge in [0.05, 0.1) is 11.5 Å². The molecule has 1 aliphatic rings. The topological polar surface area (TPSA) is 33.0 Å². The van der Waals surface area contributed by atoms with Crippen molar-refractivity contribution in [1.82, 2.24) is 0 Å². The molecule has 2 nitrogen and oxygen atoms in total. The molecular formula is C17H13F2NO. The van der Waals surface area contributed by atoms with E-state index in [0.717, 1.165) is 17.4 Å². The van der Waals surface area contributed by atoms with Gasteiger partial charge in [0, 0.05) is 6.07 Å². The summed E-state index contributed by atoms with van der Waals surface area (Å²) in [7, 11) is 0. The largest absolute Gasteiger partial charge is 0.492 e.